The predicted octanol–water partition coefficient (Wildman–Crippen LogP) is 5.14. The zero-order valence-corrected chi connectivity index (χ0v) is 17.1. The molecule has 0 amide bonds. The lowest BCUT2D eigenvalue weighted by Gasteiger charge is -2.40. The highest BCUT2D eigenvalue weighted by molar-refractivity contribution is 7.96. The number of hydrogen-bond acceptors (Lipinski definition) is 1. The van der Waals surface area contributed by atoms with E-state index in [2.05, 4.69) is 105 Å². The van der Waals surface area contributed by atoms with Gasteiger partial charge in [-0.15, -0.1) is 0 Å². The van der Waals surface area contributed by atoms with E-state index in [0.29, 0.717) is 12.0 Å². The Kier molecular flexibility index (Phi) is 5.43. The van der Waals surface area contributed by atoms with E-state index in [-0.39, 0.29) is 5.85 Å². The molecule has 27 heavy (non-hydrogen) atoms. The van der Waals surface area contributed by atoms with Gasteiger partial charge < -0.3 is 4.74 Å². The van der Waals surface area contributed by atoms with Crippen molar-refractivity contribution < 1.29 is 4.74 Å². The summed E-state index contributed by atoms with van der Waals surface area (Å²) in [6, 6.07) is 33.2. The molecular weight excluding hydrogens is 347 g/mol. The lowest BCUT2D eigenvalue weighted by Crippen LogP contribution is -2.44. The monoisotopic (exact) mass is 375 g/mol. The largest absolute Gasteiger partial charge is 0.340 e. The Balaban J connectivity index is 2.00. The Morgan fingerprint density at radius 2 is 1.04 bits per heavy atom. The first-order chi connectivity index (χ1) is 13.2. The molecule has 1 aliphatic rings. The third-order valence-corrected chi connectivity index (χ3v) is 10.2. The van der Waals surface area contributed by atoms with Crippen molar-refractivity contribution in [1.29, 1.82) is 0 Å². The summed E-state index contributed by atoms with van der Waals surface area (Å²) in [5, 5.41) is 4.23. The molecule has 0 saturated carbocycles. The molecule has 1 aliphatic heterocycles. The third-order valence-electron chi connectivity index (χ3n) is 5.65. The molecular formula is C25H28OP+. The zero-order valence-electron chi connectivity index (χ0n) is 16.2. The molecule has 138 valence electrons. The Morgan fingerprint density at radius 1 is 0.630 bits per heavy atom. The normalized spacial score (nSPS) is 23.1. The molecule has 1 saturated heterocycles. The fraction of sp³-hybridized carbons (Fsp3) is 0.280. The first kappa shape index (κ1) is 18.4. The summed E-state index contributed by atoms with van der Waals surface area (Å²) in [5.41, 5.74) is 0. The second kappa shape index (κ2) is 7.97. The van der Waals surface area contributed by atoms with Crippen molar-refractivity contribution in [3.63, 3.8) is 0 Å². The second-order valence-corrected chi connectivity index (χ2v) is 11.3. The molecule has 0 aromatic heterocycles. The van der Waals surface area contributed by atoms with Gasteiger partial charge in [-0.2, -0.15) is 0 Å². The summed E-state index contributed by atoms with van der Waals surface area (Å²) >= 11 is 0. The molecule has 0 radical (unpaired) electrons. The Labute approximate surface area is 163 Å². The highest BCUT2D eigenvalue weighted by atomic mass is 31.2. The fourth-order valence-electron chi connectivity index (χ4n) is 4.57. The molecule has 0 bridgehead atoms. The minimum atomic E-state index is -1.93. The van der Waals surface area contributed by atoms with Crippen molar-refractivity contribution in [2.75, 3.05) is 0 Å². The van der Waals surface area contributed by atoms with E-state index in [4.69, 9.17) is 4.74 Å². The van der Waals surface area contributed by atoms with Crippen LogP contribution in [0.1, 0.15) is 26.7 Å². The van der Waals surface area contributed by atoms with E-state index in [9.17, 15) is 0 Å². The van der Waals surface area contributed by atoms with Crippen molar-refractivity contribution in [3.8, 4) is 0 Å². The van der Waals surface area contributed by atoms with Crippen LogP contribution in [0, 0.1) is 5.92 Å². The van der Waals surface area contributed by atoms with Crippen LogP contribution < -0.4 is 15.9 Å². The average molecular weight is 375 g/mol. The fourth-order valence-corrected chi connectivity index (χ4v) is 9.46. The first-order valence-corrected chi connectivity index (χ1v) is 11.8. The van der Waals surface area contributed by atoms with Gasteiger partial charge in [0.15, 0.2) is 5.85 Å². The van der Waals surface area contributed by atoms with E-state index in [1.54, 1.807) is 0 Å². The van der Waals surface area contributed by atoms with Gasteiger partial charge in [0.25, 0.3) is 0 Å². The summed E-state index contributed by atoms with van der Waals surface area (Å²) in [6.45, 7) is 4.61. The van der Waals surface area contributed by atoms with Crippen LogP contribution in [0.25, 0.3) is 0 Å². The molecule has 0 spiro atoms. The molecule has 1 unspecified atom stereocenters. The molecule has 2 heteroatoms. The lowest BCUT2D eigenvalue weighted by atomic mass is 9.98. The van der Waals surface area contributed by atoms with Crippen molar-refractivity contribution in [3.05, 3.63) is 91.0 Å². The van der Waals surface area contributed by atoms with Crippen LogP contribution >= 0.6 is 7.26 Å². The smallest absolute Gasteiger partial charge is 0.181 e. The van der Waals surface area contributed by atoms with Crippen molar-refractivity contribution in [2.24, 2.45) is 5.92 Å². The van der Waals surface area contributed by atoms with Crippen molar-refractivity contribution in [2.45, 2.75) is 38.6 Å². The van der Waals surface area contributed by atoms with Crippen LogP contribution in [0.15, 0.2) is 91.0 Å². The number of ether oxygens (including phenoxy) is 1. The molecule has 3 atom stereocenters. The summed E-state index contributed by atoms with van der Waals surface area (Å²) < 4.78 is 6.73. The van der Waals surface area contributed by atoms with Crippen LogP contribution in [-0.2, 0) is 4.74 Å². The van der Waals surface area contributed by atoms with E-state index < -0.39 is 7.26 Å². The first-order valence-electron chi connectivity index (χ1n) is 9.92. The predicted molar refractivity (Wildman–Crippen MR) is 118 cm³/mol. The highest BCUT2D eigenvalue weighted by Gasteiger charge is 2.55. The highest BCUT2D eigenvalue weighted by Crippen LogP contribution is 2.62. The standard InChI is InChI=1S/C25H28OP/c1-20-18-21(2)26-25(19-20)27(22-12-6-3-7-13-22,23-14-8-4-9-15-23)24-16-10-5-11-17-24/h3-17,20-21,25H,18-19H2,1-2H3/q+1/t20-,21+,25?/m1/s1. The zero-order chi connectivity index (χ0) is 18.7. The van der Waals surface area contributed by atoms with Crippen molar-refractivity contribution >= 4 is 23.2 Å². The maximum Gasteiger partial charge on any atom is 0.181 e. The van der Waals surface area contributed by atoms with Crippen LogP contribution in [0.5, 0.6) is 0 Å². The van der Waals surface area contributed by atoms with E-state index >= 15 is 0 Å². The Morgan fingerprint density at radius 3 is 1.41 bits per heavy atom. The van der Waals surface area contributed by atoms with Crippen molar-refractivity contribution in [1.82, 2.24) is 0 Å². The lowest BCUT2D eigenvalue weighted by molar-refractivity contribution is -0.0160. The Hall–Kier alpha value is -1.95. The van der Waals surface area contributed by atoms with Gasteiger partial charge in [0, 0.05) is 6.42 Å². The molecule has 0 N–H and O–H groups in total. The van der Waals surface area contributed by atoms with Gasteiger partial charge >= 0.3 is 0 Å². The van der Waals surface area contributed by atoms with Gasteiger partial charge in [-0.1, -0.05) is 61.5 Å². The SMILES string of the molecule is C[C@H]1CC([P+](c2ccccc2)(c2ccccc2)c2ccccc2)O[C@@H](C)C1. The summed E-state index contributed by atoms with van der Waals surface area (Å²) in [6.07, 6.45) is 2.56. The summed E-state index contributed by atoms with van der Waals surface area (Å²) in [7, 11) is -1.93. The molecule has 3 aromatic rings. The Bertz CT molecular complexity index is 741. The summed E-state index contributed by atoms with van der Waals surface area (Å²) in [4.78, 5) is 0. The minimum Gasteiger partial charge on any atom is -0.340 e. The molecule has 1 heterocycles. The average Bonchev–Trinajstić information content (AvgIpc) is 2.70. The third kappa shape index (κ3) is 3.47. The van der Waals surface area contributed by atoms with Crippen LogP contribution in [-0.4, -0.2) is 11.9 Å². The maximum absolute atomic E-state index is 6.73. The van der Waals surface area contributed by atoms with E-state index in [1.165, 1.54) is 15.9 Å². The van der Waals surface area contributed by atoms with E-state index in [0.717, 1.165) is 12.8 Å². The van der Waals surface area contributed by atoms with Gasteiger partial charge in [0.2, 0.25) is 0 Å². The molecule has 1 nitrogen and oxygen atoms in total. The number of hydrogen-bond donors (Lipinski definition) is 0. The van der Waals surface area contributed by atoms with Crippen LogP contribution in [0.4, 0.5) is 0 Å². The van der Waals surface area contributed by atoms with E-state index in [1.807, 2.05) is 0 Å². The van der Waals surface area contributed by atoms with Gasteiger partial charge in [-0.05, 0) is 55.7 Å². The van der Waals surface area contributed by atoms with Crippen LogP contribution in [0.3, 0.4) is 0 Å². The second-order valence-electron chi connectivity index (χ2n) is 7.71. The molecule has 1 fully saturated rings. The van der Waals surface area contributed by atoms with Crippen LogP contribution in [0.2, 0.25) is 0 Å². The maximum atomic E-state index is 6.73. The van der Waals surface area contributed by atoms with Gasteiger partial charge in [0.05, 0.1) is 6.10 Å². The quantitative estimate of drug-likeness (QED) is 0.574. The molecule has 3 aromatic carbocycles. The minimum absolute atomic E-state index is 0.212. The topological polar surface area (TPSA) is 9.23 Å². The number of benzene rings is 3. The van der Waals surface area contributed by atoms with Gasteiger partial charge in [-0.25, -0.2) is 0 Å². The van der Waals surface area contributed by atoms with Gasteiger partial charge in [-0.3, -0.25) is 0 Å². The number of rotatable bonds is 4. The molecule has 4 rings (SSSR count). The molecule has 0 aliphatic carbocycles. The van der Waals surface area contributed by atoms with Gasteiger partial charge in [0.1, 0.15) is 23.2 Å². The summed E-state index contributed by atoms with van der Waals surface area (Å²) in [5.74, 6) is 0.887.